The van der Waals surface area contributed by atoms with E-state index in [4.69, 9.17) is 14.8 Å². The zero-order chi connectivity index (χ0) is 19.8. The minimum Gasteiger partial charge on any atom is -0.379 e. The molecular weight excluding hydrogens is 342 g/mol. The molecule has 1 saturated heterocycles. The van der Waals surface area contributed by atoms with Gasteiger partial charge in [-0.2, -0.15) is 5.10 Å². The van der Waals surface area contributed by atoms with Gasteiger partial charge in [-0.15, -0.1) is 0 Å². The number of carbonyl (C=O) groups excluding carboxylic acids is 1. The Hall–Kier alpha value is -1.99. The molecule has 1 amide bonds. The fourth-order valence-corrected chi connectivity index (χ4v) is 3.69. The van der Waals surface area contributed by atoms with Crippen molar-refractivity contribution in [3.63, 3.8) is 0 Å². The minimum absolute atomic E-state index is 0.0397. The summed E-state index contributed by atoms with van der Waals surface area (Å²) in [7, 11) is 0. The maximum atomic E-state index is 12.3. The van der Waals surface area contributed by atoms with Crippen molar-refractivity contribution < 1.29 is 9.53 Å². The van der Waals surface area contributed by atoms with E-state index in [1.54, 1.807) is 0 Å². The van der Waals surface area contributed by atoms with Crippen LogP contribution in [0, 0.1) is 20.8 Å². The van der Waals surface area contributed by atoms with Gasteiger partial charge in [0, 0.05) is 30.6 Å². The normalized spacial score (nSPS) is 16.1. The number of nitrogens with zero attached hydrogens (tertiary/aromatic N) is 4. The Morgan fingerprint density at radius 1 is 1.15 bits per heavy atom. The minimum atomic E-state index is -0.127. The van der Waals surface area contributed by atoms with Crippen LogP contribution in [0.25, 0.3) is 11.0 Å². The van der Waals surface area contributed by atoms with Crippen LogP contribution in [0.15, 0.2) is 0 Å². The summed E-state index contributed by atoms with van der Waals surface area (Å²) in [6, 6.07) is 0. The van der Waals surface area contributed by atoms with E-state index in [2.05, 4.69) is 33.1 Å². The van der Waals surface area contributed by atoms with Crippen molar-refractivity contribution >= 4 is 16.9 Å². The third-order valence-corrected chi connectivity index (χ3v) is 5.11. The van der Waals surface area contributed by atoms with Gasteiger partial charge >= 0.3 is 0 Å². The van der Waals surface area contributed by atoms with Crippen LogP contribution in [0.5, 0.6) is 0 Å². The Bertz CT molecular complexity index is 844. The fourth-order valence-electron chi connectivity index (χ4n) is 3.69. The summed E-state index contributed by atoms with van der Waals surface area (Å²) in [4.78, 5) is 17.2. The van der Waals surface area contributed by atoms with Crippen molar-refractivity contribution in [1.82, 2.24) is 25.2 Å². The molecule has 3 heterocycles. The summed E-state index contributed by atoms with van der Waals surface area (Å²) < 4.78 is 7.32. The van der Waals surface area contributed by atoms with Gasteiger partial charge in [0.2, 0.25) is 5.91 Å². The number of amides is 1. The average molecular weight is 374 g/mol. The standard InChI is InChI=1S/C20H31N5O2/c1-13-16(7-8-17(26)23-24-9-11-27-12-10-24)14(2)21-19-18(13)15(3)22-25(19)20(4,5)6/h7-12H2,1-6H3,(H,23,26). The molecular formula is C20H31N5O2. The lowest BCUT2D eigenvalue weighted by Crippen LogP contribution is -2.48. The van der Waals surface area contributed by atoms with E-state index in [-0.39, 0.29) is 11.4 Å². The molecule has 1 N–H and O–H groups in total. The first-order valence-electron chi connectivity index (χ1n) is 9.66. The zero-order valence-corrected chi connectivity index (χ0v) is 17.3. The highest BCUT2D eigenvalue weighted by Crippen LogP contribution is 2.29. The molecule has 0 unspecified atom stereocenters. The number of rotatable bonds is 4. The monoisotopic (exact) mass is 373 g/mol. The first-order chi connectivity index (χ1) is 12.7. The molecule has 0 radical (unpaired) electrons. The number of morpholine rings is 1. The highest BCUT2D eigenvalue weighted by atomic mass is 16.5. The molecule has 0 spiro atoms. The van der Waals surface area contributed by atoms with E-state index in [0.717, 1.165) is 41.1 Å². The molecule has 27 heavy (non-hydrogen) atoms. The summed E-state index contributed by atoms with van der Waals surface area (Å²) in [5.74, 6) is 0.0397. The predicted octanol–water partition coefficient (Wildman–Crippen LogP) is 2.41. The Balaban J connectivity index is 1.80. The number of hydrogen-bond donors (Lipinski definition) is 1. The Kier molecular flexibility index (Phi) is 5.53. The largest absolute Gasteiger partial charge is 0.379 e. The molecule has 2 aromatic heterocycles. The van der Waals surface area contributed by atoms with Crippen LogP contribution >= 0.6 is 0 Å². The second-order valence-electron chi connectivity index (χ2n) is 8.30. The lowest BCUT2D eigenvalue weighted by molar-refractivity contribution is -0.127. The fraction of sp³-hybridized carbons (Fsp3) is 0.650. The molecule has 0 aliphatic carbocycles. The van der Waals surface area contributed by atoms with Crippen LogP contribution in [-0.2, 0) is 21.5 Å². The summed E-state index contributed by atoms with van der Waals surface area (Å²) >= 11 is 0. The maximum Gasteiger partial charge on any atom is 0.234 e. The van der Waals surface area contributed by atoms with Crippen LogP contribution in [-0.4, -0.2) is 52.0 Å². The van der Waals surface area contributed by atoms with Crippen molar-refractivity contribution in [1.29, 1.82) is 0 Å². The van der Waals surface area contributed by atoms with Crippen LogP contribution in [0.4, 0.5) is 0 Å². The summed E-state index contributed by atoms with van der Waals surface area (Å²) in [5, 5.41) is 7.78. The third kappa shape index (κ3) is 4.14. The quantitative estimate of drug-likeness (QED) is 0.891. The molecule has 1 fully saturated rings. The Morgan fingerprint density at radius 3 is 2.44 bits per heavy atom. The molecule has 148 valence electrons. The smallest absolute Gasteiger partial charge is 0.234 e. The number of pyridine rings is 1. The molecule has 0 bridgehead atoms. The average Bonchev–Trinajstić information content (AvgIpc) is 2.92. The van der Waals surface area contributed by atoms with E-state index >= 15 is 0 Å². The van der Waals surface area contributed by atoms with Gasteiger partial charge in [0.15, 0.2) is 5.65 Å². The van der Waals surface area contributed by atoms with Gasteiger partial charge in [-0.25, -0.2) is 14.7 Å². The second kappa shape index (κ2) is 7.56. The van der Waals surface area contributed by atoms with Crippen LogP contribution < -0.4 is 5.43 Å². The molecule has 1 aliphatic heterocycles. The molecule has 0 saturated carbocycles. The zero-order valence-electron chi connectivity index (χ0n) is 17.3. The highest BCUT2D eigenvalue weighted by Gasteiger charge is 2.23. The lowest BCUT2D eigenvalue weighted by Gasteiger charge is -2.27. The van der Waals surface area contributed by atoms with E-state index in [0.29, 0.717) is 26.1 Å². The van der Waals surface area contributed by atoms with Gasteiger partial charge in [-0.3, -0.25) is 10.2 Å². The van der Waals surface area contributed by atoms with E-state index in [1.165, 1.54) is 5.56 Å². The van der Waals surface area contributed by atoms with Gasteiger partial charge < -0.3 is 4.74 Å². The second-order valence-corrected chi connectivity index (χ2v) is 8.30. The number of fused-ring (bicyclic) bond motifs is 1. The van der Waals surface area contributed by atoms with Gasteiger partial charge in [0.25, 0.3) is 0 Å². The van der Waals surface area contributed by atoms with E-state index in [9.17, 15) is 4.79 Å². The van der Waals surface area contributed by atoms with Crippen molar-refractivity contribution in [2.45, 2.75) is 59.9 Å². The number of carbonyl (C=O) groups is 1. The Labute approximate surface area is 161 Å². The number of aryl methyl sites for hydroxylation is 3. The molecule has 0 atom stereocenters. The number of nitrogens with one attached hydrogen (secondary N) is 1. The maximum absolute atomic E-state index is 12.3. The van der Waals surface area contributed by atoms with Crippen LogP contribution in [0.1, 0.15) is 49.7 Å². The first-order valence-corrected chi connectivity index (χ1v) is 9.66. The van der Waals surface area contributed by atoms with Crippen molar-refractivity contribution in [2.75, 3.05) is 26.3 Å². The summed E-state index contributed by atoms with van der Waals surface area (Å²) in [6.45, 7) is 15.4. The number of ether oxygens (including phenoxy) is 1. The molecule has 7 heteroatoms. The molecule has 3 rings (SSSR count). The summed E-state index contributed by atoms with van der Waals surface area (Å²) in [5.41, 5.74) is 8.08. The number of hydrazine groups is 1. The highest BCUT2D eigenvalue weighted by molar-refractivity contribution is 5.84. The van der Waals surface area contributed by atoms with Crippen molar-refractivity contribution in [3.05, 3.63) is 22.5 Å². The van der Waals surface area contributed by atoms with Crippen LogP contribution in [0.3, 0.4) is 0 Å². The van der Waals surface area contributed by atoms with Gasteiger partial charge in [0.1, 0.15) is 0 Å². The van der Waals surface area contributed by atoms with Crippen LogP contribution in [0.2, 0.25) is 0 Å². The molecule has 0 aromatic carbocycles. The van der Waals surface area contributed by atoms with Gasteiger partial charge in [-0.05, 0) is 59.1 Å². The molecule has 1 aliphatic rings. The predicted molar refractivity (Wildman–Crippen MR) is 106 cm³/mol. The number of hydrogen-bond acceptors (Lipinski definition) is 5. The molecule has 2 aromatic rings. The molecule has 7 nitrogen and oxygen atoms in total. The third-order valence-electron chi connectivity index (χ3n) is 5.11. The lowest BCUT2D eigenvalue weighted by atomic mass is 9.99. The van der Waals surface area contributed by atoms with Gasteiger partial charge in [-0.1, -0.05) is 0 Å². The summed E-state index contributed by atoms with van der Waals surface area (Å²) in [6.07, 6.45) is 1.12. The topological polar surface area (TPSA) is 72.3 Å². The van der Waals surface area contributed by atoms with E-state index in [1.807, 2.05) is 23.5 Å². The SMILES string of the molecule is Cc1nc2c(c(C)nn2C(C)(C)C)c(C)c1CCC(=O)NN1CCOCC1. The first kappa shape index (κ1) is 19.8. The van der Waals surface area contributed by atoms with Crippen molar-refractivity contribution in [3.8, 4) is 0 Å². The van der Waals surface area contributed by atoms with E-state index < -0.39 is 0 Å². The van der Waals surface area contributed by atoms with Gasteiger partial charge in [0.05, 0.1) is 24.4 Å². The van der Waals surface area contributed by atoms with Crippen molar-refractivity contribution in [2.24, 2.45) is 0 Å². The Morgan fingerprint density at radius 2 is 1.81 bits per heavy atom. The number of aromatic nitrogens is 3.